The van der Waals surface area contributed by atoms with Crippen molar-refractivity contribution in [3.05, 3.63) is 71.2 Å². The number of pyridine rings is 1. The van der Waals surface area contributed by atoms with Gasteiger partial charge in [0.15, 0.2) is 6.20 Å². The Morgan fingerprint density at radius 3 is 2.50 bits per heavy atom. The highest BCUT2D eigenvalue weighted by Crippen LogP contribution is 2.48. The number of allylic oxidation sites excluding steroid dienone is 3. The van der Waals surface area contributed by atoms with E-state index in [0.29, 0.717) is 25.1 Å². The lowest BCUT2D eigenvalue weighted by molar-refractivity contribution is -0.695. The summed E-state index contributed by atoms with van der Waals surface area (Å²) >= 11 is 0. The van der Waals surface area contributed by atoms with Gasteiger partial charge in [0.2, 0.25) is 5.69 Å². The number of nitrogens with zero attached hydrogens (tertiary/aromatic N) is 2. The maximum Gasteiger partial charge on any atom is 0.343 e. The van der Waals surface area contributed by atoms with Gasteiger partial charge in [-0.25, -0.2) is 4.79 Å². The fourth-order valence-electron chi connectivity index (χ4n) is 4.74. The molecule has 2 aromatic rings. The molecule has 0 amide bonds. The number of methoxy groups -OCH3 is 1. The first kappa shape index (κ1) is 29.1. The number of carboxylic acids is 1. The van der Waals surface area contributed by atoms with Crippen LogP contribution in [0.5, 0.6) is 0 Å². The summed E-state index contributed by atoms with van der Waals surface area (Å²) in [4.78, 5) is 24.7. The summed E-state index contributed by atoms with van der Waals surface area (Å²) in [6, 6.07) is 8.17. The highest BCUT2D eigenvalue weighted by Gasteiger charge is 2.40. The Morgan fingerprint density at radius 1 is 1.13 bits per heavy atom. The maximum atomic E-state index is 11.9. The number of aromatic nitrogens is 1. The van der Waals surface area contributed by atoms with Crippen molar-refractivity contribution < 1.29 is 37.0 Å². The third kappa shape index (κ3) is 6.49. The molecule has 0 radical (unpaired) electrons. The molecule has 1 aromatic heterocycles. The summed E-state index contributed by atoms with van der Waals surface area (Å²) in [6.07, 6.45) is 9.79. The van der Waals surface area contributed by atoms with Gasteiger partial charge < -0.3 is 14.7 Å². The molecule has 38 heavy (non-hydrogen) atoms. The summed E-state index contributed by atoms with van der Waals surface area (Å²) in [5, 5.41) is 8.92. The van der Waals surface area contributed by atoms with Gasteiger partial charge in [-0.1, -0.05) is 26.3 Å². The molecule has 10 heteroatoms. The van der Waals surface area contributed by atoms with Crippen molar-refractivity contribution in [2.24, 2.45) is 0 Å². The standard InChI is InChI=1S/C28H34N2O7S/c1-5-29-19-20(27(33)37-4)13-14-21(29)10-9-11-25-28(2,3)23-18-22(38(34,35)36)15-16-24(23)30(25)17-8-6-7-12-26(31)32/h9-11,13-16,18-19H,5-8,12,17H2,1-4H3,(H-,31,32,34,35,36)/p+1. The van der Waals surface area contributed by atoms with Crippen LogP contribution in [0.15, 0.2) is 59.3 Å². The van der Waals surface area contributed by atoms with Crippen molar-refractivity contribution in [1.29, 1.82) is 0 Å². The van der Waals surface area contributed by atoms with Gasteiger partial charge in [0, 0.05) is 41.9 Å². The van der Waals surface area contributed by atoms with E-state index >= 15 is 0 Å². The number of carboxylic acid groups (broad SMARTS) is 1. The zero-order valence-corrected chi connectivity index (χ0v) is 23.0. The molecule has 1 aromatic carbocycles. The summed E-state index contributed by atoms with van der Waals surface area (Å²) < 4.78 is 40.0. The van der Waals surface area contributed by atoms with E-state index in [-0.39, 0.29) is 11.3 Å². The fraction of sp³-hybridized carbons (Fsp3) is 0.393. The van der Waals surface area contributed by atoms with Gasteiger partial charge in [-0.3, -0.25) is 9.35 Å². The zero-order chi connectivity index (χ0) is 28.1. The van der Waals surface area contributed by atoms with Crippen LogP contribution in [0.3, 0.4) is 0 Å². The molecule has 0 saturated carbocycles. The van der Waals surface area contributed by atoms with E-state index < -0.39 is 27.5 Å². The lowest BCUT2D eigenvalue weighted by Crippen LogP contribution is -2.36. The third-order valence-electron chi connectivity index (χ3n) is 6.78. The van der Waals surface area contributed by atoms with Gasteiger partial charge >= 0.3 is 11.9 Å². The van der Waals surface area contributed by atoms with Crippen LogP contribution in [-0.2, 0) is 31.6 Å². The number of benzene rings is 1. The van der Waals surface area contributed by atoms with Gasteiger partial charge in [0.1, 0.15) is 12.1 Å². The first-order valence-corrected chi connectivity index (χ1v) is 14.0. The fourth-order valence-corrected chi connectivity index (χ4v) is 5.24. The normalized spacial score (nSPS) is 15.7. The molecule has 204 valence electrons. The SMILES string of the molecule is CC[n+]1cc(C(=O)OC)ccc1C=CC=C1N(CCCCCC(=O)O)c2ccc(S(=O)(=O)O)cc2C1(C)C. The Balaban J connectivity index is 1.96. The Hall–Kier alpha value is -3.50. The molecular formula is C28H35N2O7S+. The zero-order valence-electron chi connectivity index (χ0n) is 22.2. The molecule has 0 fully saturated rings. The lowest BCUT2D eigenvalue weighted by Gasteiger charge is -2.27. The summed E-state index contributed by atoms with van der Waals surface area (Å²) in [5.74, 6) is -1.22. The first-order chi connectivity index (χ1) is 17.9. The lowest BCUT2D eigenvalue weighted by atomic mass is 9.83. The highest BCUT2D eigenvalue weighted by molar-refractivity contribution is 7.85. The van der Waals surface area contributed by atoms with E-state index in [0.717, 1.165) is 35.5 Å². The van der Waals surface area contributed by atoms with Crippen molar-refractivity contribution >= 4 is 33.8 Å². The predicted molar refractivity (Wildman–Crippen MR) is 143 cm³/mol. The van der Waals surface area contributed by atoms with Gasteiger partial charge in [-0.05, 0) is 55.7 Å². The van der Waals surface area contributed by atoms with Crippen LogP contribution in [0.4, 0.5) is 5.69 Å². The molecule has 1 aliphatic rings. The second kappa shape index (κ2) is 11.9. The molecule has 1 aliphatic heterocycles. The minimum atomic E-state index is -4.36. The van der Waals surface area contributed by atoms with Crippen molar-refractivity contribution in [2.45, 2.75) is 63.3 Å². The Morgan fingerprint density at radius 2 is 1.87 bits per heavy atom. The largest absolute Gasteiger partial charge is 0.481 e. The minimum absolute atomic E-state index is 0.122. The molecule has 0 bridgehead atoms. The number of carbonyl (C=O) groups excluding carboxylic acids is 1. The molecule has 0 aliphatic carbocycles. The van der Waals surface area contributed by atoms with Gasteiger partial charge in [-0.2, -0.15) is 13.0 Å². The molecule has 0 saturated heterocycles. The van der Waals surface area contributed by atoms with Crippen molar-refractivity contribution in [3.63, 3.8) is 0 Å². The second-order valence-electron chi connectivity index (χ2n) is 9.67. The molecule has 3 rings (SSSR count). The Labute approximate surface area is 223 Å². The number of fused-ring (bicyclic) bond motifs is 1. The van der Waals surface area contributed by atoms with Gasteiger partial charge in [0.05, 0.1) is 12.0 Å². The molecule has 0 atom stereocenters. The predicted octanol–water partition coefficient (Wildman–Crippen LogP) is 4.37. The van der Waals surface area contributed by atoms with Crippen molar-refractivity contribution in [1.82, 2.24) is 0 Å². The summed E-state index contributed by atoms with van der Waals surface area (Å²) in [5.41, 5.74) is 3.37. The minimum Gasteiger partial charge on any atom is -0.481 e. The van der Waals surface area contributed by atoms with Crippen molar-refractivity contribution in [2.75, 3.05) is 18.6 Å². The van der Waals surface area contributed by atoms with Crippen LogP contribution < -0.4 is 9.47 Å². The van der Waals surface area contributed by atoms with E-state index in [1.54, 1.807) is 18.3 Å². The Bertz CT molecular complexity index is 1380. The van der Waals surface area contributed by atoms with Crippen LogP contribution in [0, 0.1) is 0 Å². The molecule has 0 unspecified atom stereocenters. The molecule has 2 heterocycles. The third-order valence-corrected chi connectivity index (χ3v) is 7.63. The molecule has 2 N–H and O–H groups in total. The number of aliphatic carboxylic acids is 1. The van der Waals surface area contributed by atoms with Crippen molar-refractivity contribution in [3.8, 4) is 0 Å². The summed E-state index contributed by atoms with van der Waals surface area (Å²) in [6.45, 7) is 7.26. The number of esters is 1. The number of hydrogen-bond donors (Lipinski definition) is 2. The maximum absolute atomic E-state index is 11.9. The van der Waals surface area contributed by atoms with Crippen LogP contribution in [0.1, 0.15) is 68.1 Å². The highest BCUT2D eigenvalue weighted by atomic mass is 32.2. The number of anilines is 1. The van der Waals surface area contributed by atoms with Crippen LogP contribution >= 0.6 is 0 Å². The number of ether oxygens (including phenoxy) is 1. The monoisotopic (exact) mass is 543 g/mol. The molecule has 0 spiro atoms. The van der Waals surface area contributed by atoms with Crippen LogP contribution in [0.25, 0.3) is 6.08 Å². The van der Waals surface area contributed by atoms with E-state index in [1.165, 1.54) is 19.2 Å². The average Bonchev–Trinajstić information content (AvgIpc) is 3.08. The second-order valence-corrected chi connectivity index (χ2v) is 11.1. The number of unbranched alkanes of at least 4 members (excludes halogenated alkanes) is 2. The smallest absolute Gasteiger partial charge is 0.343 e. The van der Waals surface area contributed by atoms with E-state index in [9.17, 15) is 22.6 Å². The summed E-state index contributed by atoms with van der Waals surface area (Å²) in [7, 11) is -3.01. The number of carbonyl (C=O) groups is 2. The number of aryl methyl sites for hydroxylation is 1. The van der Waals surface area contributed by atoms with Gasteiger partial charge in [-0.15, -0.1) is 0 Å². The van der Waals surface area contributed by atoms with E-state index in [1.807, 2.05) is 49.6 Å². The average molecular weight is 544 g/mol. The van der Waals surface area contributed by atoms with Gasteiger partial charge in [0.25, 0.3) is 10.1 Å². The van der Waals surface area contributed by atoms with E-state index in [4.69, 9.17) is 9.84 Å². The topological polar surface area (TPSA) is 125 Å². The molecule has 9 nitrogen and oxygen atoms in total. The van der Waals surface area contributed by atoms with Crippen LogP contribution in [0.2, 0.25) is 0 Å². The quantitative estimate of drug-likeness (QED) is 0.185. The first-order valence-electron chi connectivity index (χ1n) is 12.5. The number of hydrogen-bond acceptors (Lipinski definition) is 6. The Kier molecular flexibility index (Phi) is 9.11. The molecular weight excluding hydrogens is 508 g/mol. The van der Waals surface area contributed by atoms with Crippen LogP contribution in [-0.4, -0.2) is 43.7 Å². The number of rotatable bonds is 11. The van der Waals surface area contributed by atoms with E-state index in [2.05, 4.69) is 4.90 Å².